The Morgan fingerprint density at radius 3 is 0.919 bits per heavy atom. The van der Waals surface area contributed by atoms with Gasteiger partial charge in [0, 0.05) is 19.3 Å². The summed E-state index contributed by atoms with van der Waals surface area (Å²) in [4.78, 5) is 37.9. The van der Waals surface area contributed by atoms with E-state index >= 15 is 0 Å². The lowest BCUT2D eigenvalue weighted by Gasteiger charge is -2.18. The number of rotatable bonds is 50. The molecule has 0 fully saturated rings. The van der Waals surface area contributed by atoms with Gasteiger partial charge in [-0.15, -0.1) is 0 Å². The van der Waals surface area contributed by atoms with Crippen LogP contribution in [0.3, 0.4) is 0 Å². The molecule has 0 rings (SSSR count). The molecule has 0 aliphatic heterocycles. The average Bonchev–Trinajstić information content (AvgIpc) is 3.26. The Labute approximate surface area is 387 Å². The average molecular weight is 877 g/mol. The number of ether oxygens (including phenoxy) is 3. The van der Waals surface area contributed by atoms with Crippen LogP contribution in [0.25, 0.3) is 0 Å². The van der Waals surface area contributed by atoms with Crippen molar-refractivity contribution >= 4 is 17.9 Å². The van der Waals surface area contributed by atoms with E-state index < -0.39 is 6.10 Å². The van der Waals surface area contributed by atoms with Crippen LogP contribution in [0.5, 0.6) is 0 Å². The second-order valence-electron chi connectivity index (χ2n) is 19.9. The molecule has 0 saturated carbocycles. The molecule has 0 heterocycles. The first-order valence-corrected chi connectivity index (χ1v) is 27.8. The van der Waals surface area contributed by atoms with Crippen LogP contribution in [0.2, 0.25) is 0 Å². The first-order valence-electron chi connectivity index (χ1n) is 27.8. The van der Waals surface area contributed by atoms with Crippen molar-refractivity contribution in [3.05, 3.63) is 0 Å². The largest absolute Gasteiger partial charge is 0.462 e. The van der Waals surface area contributed by atoms with Gasteiger partial charge in [-0.25, -0.2) is 0 Å². The lowest BCUT2D eigenvalue weighted by Crippen LogP contribution is -2.30. The van der Waals surface area contributed by atoms with Crippen LogP contribution in [0, 0.1) is 11.8 Å². The van der Waals surface area contributed by atoms with Crippen LogP contribution in [0.15, 0.2) is 0 Å². The van der Waals surface area contributed by atoms with Gasteiger partial charge in [0.15, 0.2) is 6.10 Å². The standard InChI is InChI=1S/C56H108O6/c1-6-8-9-10-11-12-13-23-27-32-38-43-48-56(59)62-53(50-61-55(58)47-42-37-33-28-29-34-39-44-51(3)4)49-60-54(57)46-41-36-31-26-24-21-19-17-15-14-16-18-20-22-25-30-35-40-45-52(5)7-2/h51-53H,6-50H2,1-5H3/t52?,53-/m1/s1. The maximum atomic E-state index is 12.8. The van der Waals surface area contributed by atoms with Crippen LogP contribution in [-0.2, 0) is 28.6 Å². The molecule has 368 valence electrons. The Morgan fingerprint density at radius 1 is 0.339 bits per heavy atom. The molecule has 0 aliphatic carbocycles. The molecule has 0 aliphatic rings. The van der Waals surface area contributed by atoms with Crippen molar-refractivity contribution in [3.63, 3.8) is 0 Å². The third-order valence-electron chi connectivity index (χ3n) is 13.1. The maximum absolute atomic E-state index is 12.8. The number of hydrogen-bond donors (Lipinski definition) is 0. The lowest BCUT2D eigenvalue weighted by molar-refractivity contribution is -0.167. The SMILES string of the molecule is CCCCCCCCCCCCCCC(=O)O[C@H](COC(=O)CCCCCCCCCCCCCCCCCCCCC(C)CC)COC(=O)CCCCCCCCCC(C)C. The second-order valence-corrected chi connectivity index (χ2v) is 19.9. The quantitative estimate of drug-likeness (QED) is 0.0344. The third kappa shape index (κ3) is 47.9. The van der Waals surface area contributed by atoms with E-state index in [1.54, 1.807) is 0 Å². The van der Waals surface area contributed by atoms with Gasteiger partial charge in [0.05, 0.1) is 0 Å². The highest BCUT2D eigenvalue weighted by Crippen LogP contribution is 2.18. The third-order valence-corrected chi connectivity index (χ3v) is 13.1. The normalized spacial score (nSPS) is 12.5. The second kappa shape index (κ2) is 48.9. The first kappa shape index (κ1) is 60.4. The van der Waals surface area contributed by atoms with Gasteiger partial charge in [-0.1, -0.05) is 272 Å². The summed E-state index contributed by atoms with van der Waals surface area (Å²) in [6.45, 7) is 11.4. The number of carbonyl (C=O) groups excluding carboxylic acids is 3. The number of hydrogen-bond acceptors (Lipinski definition) is 6. The summed E-state index contributed by atoms with van der Waals surface area (Å²) >= 11 is 0. The van der Waals surface area contributed by atoms with E-state index in [0.717, 1.165) is 69.6 Å². The summed E-state index contributed by atoms with van der Waals surface area (Å²) < 4.78 is 16.8. The molecule has 1 unspecified atom stereocenters. The van der Waals surface area contributed by atoms with E-state index in [4.69, 9.17) is 14.2 Å². The van der Waals surface area contributed by atoms with Gasteiger partial charge in [0.25, 0.3) is 0 Å². The molecule has 0 bridgehead atoms. The highest BCUT2D eigenvalue weighted by molar-refractivity contribution is 5.71. The molecule has 6 heteroatoms. The summed E-state index contributed by atoms with van der Waals surface area (Å²) in [5, 5.41) is 0. The molecule has 62 heavy (non-hydrogen) atoms. The van der Waals surface area contributed by atoms with Gasteiger partial charge < -0.3 is 14.2 Å². The number of carbonyl (C=O) groups is 3. The van der Waals surface area contributed by atoms with E-state index in [0.29, 0.717) is 19.3 Å². The van der Waals surface area contributed by atoms with Crippen molar-refractivity contribution in [1.82, 2.24) is 0 Å². The zero-order valence-corrected chi connectivity index (χ0v) is 42.5. The highest BCUT2D eigenvalue weighted by Gasteiger charge is 2.19. The van der Waals surface area contributed by atoms with Crippen molar-refractivity contribution in [1.29, 1.82) is 0 Å². The topological polar surface area (TPSA) is 78.9 Å². The van der Waals surface area contributed by atoms with E-state index in [9.17, 15) is 14.4 Å². The van der Waals surface area contributed by atoms with Crippen LogP contribution >= 0.6 is 0 Å². The Bertz CT molecular complexity index is 949. The smallest absolute Gasteiger partial charge is 0.306 e. The Hall–Kier alpha value is -1.59. The van der Waals surface area contributed by atoms with E-state index in [2.05, 4.69) is 34.6 Å². The summed E-state index contributed by atoms with van der Waals surface area (Å²) in [6.07, 6.45) is 51.0. The van der Waals surface area contributed by atoms with Crippen LogP contribution < -0.4 is 0 Å². The molecule has 6 nitrogen and oxygen atoms in total. The fraction of sp³-hybridized carbons (Fsp3) is 0.946. The predicted molar refractivity (Wildman–Crippen MR) is 266 cm³/mol. The lowest BCUT2D eigenvalue weighted by atomic mass is 9.99. The van der Waals surface area contributed by atoms with Gasteiger partial charge in [0.2, 0.25) is 0 Å². The Morgan fingerprint density at radius 2 is 0.613 bits per heavy atom. The van der Waals surface area contributed by atoms with Gasteiger partial charge in [0.1, 0.15) is 13.2 Å². The summed E-state index contributed by atoms with van der Waals surface area (Å²) in [5.41, 5.74) is 0. The minimum absolute atomic E-state index is 0.0636. The molecular formula is C56H108O6. The van der Waals surface area contributed by atoms with E-state index in [1.807, 2.05) is 0 Å². The fourth-order valence-corrected chi connectivity index (χ4v) is 8.49. The number of esters is 3. The molecular weight excluding hydrogens is 769 g/mol. The van der Waals surface area contributed by atoms with Crippen LogP contribution in [0.1, 0.15) is 311 Å². The molecule has 0 aromatic heterocycles. The summed E-state index contributed by atoms with van der Waals surface area (Å²) in [5.74, 6) is 0.844. The predicted octanol–water partition coefficient (Wildman–Crippen LogP) is 18.1. The van der Waals surface area contributed by atoms with Gasteiger partial charge in [-0.05, 0) is 31.1 Å². The van der Waals surface area contributed by atoms with Gasteiger partial charge in [-0.3, -0.25) is 14.4 Å². The van der Waals surface area contributed by atoms with Crippen molar-refractivity contribution in [2.75, 3.05) is 13.2 Å². The monoisotopic (exact) mass is 877 g/mol. The van der Waals surface area contributed by atoms with E-state index in [-0.39, 0.29) is 31.1 Å². The van der Waals surface area contributed by atoms with Crippen molar-refractivity contribution in [3.8, 4) is 0 Å². The minimum Gasteiger partial charge on any atom is -0.462 e. The highest BCUT2D eigenvalue weighted by atomic mass is 16.6. The molecule has 0 radical (unpaired) electrons. The van der Waals surface area contributed by atoms with Crippen molar-refractivity contribution in [2.24, 2.45) is 11.8 Å². The molecule has 0 aromatic carbocycles. The molecule has 0 amide bonds. The minimum atomic E-state index is -0.762. The first-order chi connectivity index (χ1) is 30.3. The van der Waals surface area contributed by atoms with Crippen LogP contribution in [0.4, 0.5) is 0 Å². The fourth-order valence-electron chi connectivity index (χ4n) is 8.49. The van der Waals surface area contributed by atoms with Crippen molar-refractivity contribution < 1.29 is 28.6 Å². The molecule has 2 atom stereocenters. The maximum Gasteiger partial charge on any atom is 0.306 e. The number of unbranched alkanes of at least 4 members (excludes halogenated alkanes) is 34. The molecule has 0 N–H and O–H groups in total. The Balaban J connectivity index is 4.17. The van der Waals surface area contributed by atoms with Gasteiger partial charge >= 0.3 is 17.9 Å². The molecule has 0 spiro atoms. The molecule has 0 aromatic rings. The molecule has 0 saturated heterocycles. The zero-order valence-electron chi connectivity index (χ0n) is 42.5. The van der Waals surface area contributed by atoms with Gasteiger partial charge in [-0.2, -0.15) is 0 Å². The summed E-state index contributed by atoms with van der Waals surface area (Å²) in [6, 6.07) is 0. The van der Waals surface area contributed by atoms with Crippen LogP contribution in [-0.4, -0.2) is 37.2 Å². The van der Waals surface area contributed by atoms with Crippen molar-refractivity contribution in [2.45, 2.75) is 317 Å². The Kier molecular flexibility index (Phi) is 47.6. The zero-order chi connectivity index (χ0) is 45.4. The van der Waals surface area contributed by atoms with E-state index in [1.165, 1.54) is 199 Å². The summed E-state index contributed by atoms with van der Waals surface area (Å²) in [7, 11) is 0.